The van der Waals surface area contributed by atoms with Crippen LogP contribution in [-0.4, -0.2) is 54.7 Å². The van der Waals surface area contributed by atoms with Gasteiger partial charge < -0.3 is 20.4 Å². The molecule has 2 fully saturated rings. The van der Waals surface area contributed by atoms with E-state index in [0.717, 1.165) is 24.7 Å². The van der Waals surface area contributed by atoms with Crippen LogP contribution in [0.1, 0.15) is 43.0 Å². The molecule has 0 unspecified atom stereocenters. The van der Waals surface area contributed by atoms with Gasteiger partial charge in [0.2, 0.25) is 5.91 Å². The first-order chi connectivity index (χ1) is 17.4. The highest BCUT2D eigenvalue weighted by Gasteiger charge is 2.61. The molecule has 2 atom stereocenters. The Balaban J connectivity index is 1.54. The Labute approximate surface area is 208 Å². The molecular weight excluding hydrogens is 518 g/mol. The number of aromatic amines is 1. The number of ether oxygens (including phenoxy) is 1. The van der Waals surface area contributed by atoms with Crippen LogP contribution >= 0.6 is 0 Å². The number of carbonyl (C=O) groups excluding carboxylic acids is 1. The minimum Gasteiger partial charge on any atom is -0.381 e. The predicted molar refractivity (Wildman–Crippen MR) is 126 cm³/mol. The molecule has 198 valence electrons. The first-order valence-electron chi connectivity index (χ1n) is 11.5. The summed E-state index contributed by atoms with van der Waals surface area (Å²) in [5, 5.41) is 5.18. The molecule has 5 rings (SSSR count). The molecule has 14 heteroatoms. The zero-order valence-electron chi connectivity index (χ0n) is 19.5. The molecule has 1 amide bonds. The number of aromatic nitrogens is 3. The quantitative estimate of drug-likeness (QED) is 0.375. The van der Waals surface area contributed by atoms with Gasteiger partial charge in [-0.3, -0.25) is 4.79 Å². The van der Waals surface area contributed by atoms with Crippen LogP contribution in [-0.2, 0) is 19.4 Å². The fourth-order valence-corrected chi connectivity index (χ4v) is 5.20. The number of pyridine rings is 1. The van der Waals surface area contributed by atoms with Crippen LogP contribution in [0.4, 0.5) is 34.8 Å². The van der Waals surface area contributed by atoms with Gasteiger partial charge in [0.1, 0.15) is 17.3 Å². The maximum atomic E-state index is 13.3. The lowest BCUT2D eigenvalue weighted by atomic mass is 9.93. The third-order valence-electron chi connectivity index (χ3n) is 6.38. The largest absolute Gasteiger partial charge is 0.381 e. The summed E-state index contributed by atoms with van der Waals surface area (Å²) in [6.45, 7) is 1.11. The molecule has 3 aromatic rings. The number of nitrogens with one attached hydrogen (secondary N) is 3. The number of benzene rings is 1. The fourth-order valence-electron chi connectivity index (χ4n) is 4.33. The molecule has 0 radical (unpaired) electrons. The number of rotatable bonds is 7. The molecule has 37 heavy (non-hydrogen) atoms. The van der Waals surface area contributed by atoms with Gasteiger partial charge in [0.15, 0.2) is 21.3 Å². The molecule has 1 aliphatic carbocycles. The summed E-state index contributed by atoms with van der Waals surface area (Å²) in [6, 6.07) is 6.08. The number of sulfone groups is 1. The maximum Gasteiger partial charge on any atom is 0.295 e. The summed E-state index contributed by atoms with van der Waals surface area (Å²) >= 11 is 0. The van der Waals surface area contributed by atoms with E-state index in [1.807, 2.05) is 0 Å². The fraction of sp³-hybridized carbons (Fsp3) is 0.435. The summed E-state index contributed by atoms with van der Waals surface area (Å²) in [7, 11) is -3.74. The molecule has 0 bridgehead atoms. The molecule has 1 saturated carbocycles. The number of hydrogen-bond acceptors (Lipinski definition) is 7. The number of alkyl halides is 4. The highest BCUT2D eigenvalue weighted by molar-refractivity contribution is 7.90. The highest BCUT2D eigenvalue weighted by atomic mass is 32.2. The van der Waals surface area contributed by atoms with Crippen LogP contribution in [0.3, 0.4) is 0 Å². The third-order valence-corrected chi connectivity index (χ3v) is 7.51. The molecule has 1 saturated heterocycles. The van der Waals surface area contributed by atoms with E-state index in [9.17, 15) is 30.8 Å². The summed E-state index contributed by atoms with van der Waals surface area (Å²) in [6.07, 6.45) is -0.827. The normalized spacial score (nSPS) is 21.2. The van der Waals surface area contributed by atoms with Crippen molar-refractivity contribution < 1.29 is 35.5 Å². The summed E-state index contributed by atoms with van der Waals surface area (Å²) in [5.41, 5.74) is 0.778. The average Bonchev–Trinajstić information content (AvgIpc) is 3.27. The van der Waals surface area contributed by atoms with Gasteiger partial charge in [0.05, 0.1) is 22.9 Å². The van der Waals surface area contributed by atoms with Crippen molar-refractivity contribution in [2.45, 2.75) is 42.4 Å². The van der Waals surface area contributed by atoms with Crippen molar-refractivity contribution in [1.29, 1.82) is 0 Å². The lowest BCUT2D eigenvalue weighted by molar-refractivity contribution is -0.119. The lowest BCUT2D eigenvalue weighted by Crippen LogP contribution is -2.18. The third kappa shape index (κ3) is 5.25. The molecule has 2 aliphatic rings. The van der Waals surface area contributed by atoms with Crippen molar-refractivity contribution >= 4 is 44.1 Å². The van der Waals surface area contributed by atoms with E-state index in [1.54, 1.807) is 18.2 Å². The van der Waals surface area contributed by atoms with Gasteiger partial charge in [-0.05, 0) is 30.5 Å². The van der Waals surface area contributed by atoms with Gasteiger partial charge in [-0.15, -0.1) is 0 Å². The lowest BCUT2D eigenvalue weighted by Gasteiger charge is -2.23. The van der Waals surface area contributed by atoms with E-state index in [2.05, 4.69) is 25.6 Å². The molecule has 9 nitrogen and oxygen atoms in total. The van der Waals surface area contributed by atoms with Gasteiger partial charge in [-0.1, -0.05) is 6.07 Å². The smallest absolute Gasteiger partial charge is 0.295 e. The van der Waals surface area contributed by atoms with E-state index in [4.69, 9.17) is 4.74 Å². The number of H-pyrrole nitrogens is 1. The number of amides is 1. The van der Waals surface area contributed by atoms with Gasteiger partial charge in [-0.2, -0.15) is 0 Å². The number of anilines is 3. The predicted octanol–water partition coefficient (Wildman–Crippen LogP) is 4.53. The molecule has 0 spiro atoms. The Hall–Kier alpha value is -3.26. The van der Waals surface area contributed by atoms with Gasteiger partial charge >= 0.3 is 0 Å². The van der Waals surface area contributed by atoms with Crippen LogP contribution in [0.2, 0.25) is 0 Å². The highest BCUT2D eigenvalue weighted by Crippen LogP contribution is 2.49. The van der Waals surface area contributed by atoms with Crippen LogP contribution in [0.25, 0.3) is 11.2 Å². The van der Waals surface area contributed by atoms with Crippen LogP contribution in [0.5, 0.6) is 0 Å². The molecular formula is C23H23F4N5O4S. The van der Waals surface area contributed by atoms with Crippen molar-refractivity contribution in [3.8, 4) is 0 Å². The molecule has 1 aliphatic heterocycles. The maximum absolute atomic E-state index is 13.3. The van der Waals surface area contributed by atoms with Crippen molar-refractivity contribution in [2.24, 2.45) is 5.92 Å². The van der Waals surface area contributed by atoms with E-state index in [-0.39, 0.29) is 39.2 Å². The first-order valence-corrected chi connectivity index (χ1v) is 13.4. The van der Waals surface area contributed by atoms with E-state index in [0.29, 0.717) is 13.2 Å². The first kappa shape index (κ1) is 25.4. The van der Waals surface area contributed by atoms with E-state index in [1.165, 1.54) is 6.07 Å². The zero-order valence-corrected chi connectivity index (χ0v) is 20.3. The molecule has 3 heterocycles. The van der Waals surface area contributed by atoms with Crippen molar-refractivity contribution in [2.75, 3.05) is 30.1 Å². The molecule has 1 aromatic carbocycles. The Morgan fingerprint density at radius 2 is 1.97 bits per heavy atom. The molecule has 2 aromatic heterocycles. The molecule has 3 N–H and O–H groups in total. The number of hydrogen-bond donors (Lipinski definition) is 3. The minimum atomic E-state index is -3.74. The van der Waals surface area contributed by atoms with Gasteiger partial charge in [0.25, 0.3) is 12.3 Å². The number of halogens is 4. The Morgan fingerprint density at radius 3 is 2.59 bits per heavy atom. The number of carbonyl (C=O) groups is 1. The SMILES string of the molecule is CS(=O)(=O)c1cc([C@H]2CCCOC2)ccc1Nc1cc(NC(=O)[C@H]2CC2(F)F)nc2[nH]c(C(F)F)nc12. The topological polar surface area (TPSA) is 126 Å². The van der Waals surface area contributed by atoms with Crippen molar-refractivity contribution in [1.82, 2.24) is 15.0 Å². The average molecular weight is 542 g/mol. The van der Waals surface area contributed by atoms with Crippen LogP contribution < -0.4 is 10.6 Å². The summed E-state index contributed by atoms with van der Waals surface area (Å²) < 4.78 is 84.1. The Morgan fingerprint density at radius 1 is 1.22 bits per heavy atom. The monoisotopic (exact) mass is 541 g/mol. The summed E-state index contributed by atoms with van der Waals surface area (Å²) in [5.74, 6) is -6.44. The van der Waals surface area contributed by atoms with E-state index >= 15 is 0 Å². The number of fused-ring (bicyclic) bond motifs is 1. The number of imidazole rings is 1. The second kappa shape index (κ2) is 9.24. The van der Waals surface area contributed by atoms with Crippen molar-refractivity contribution in [3.63, 3.8) is 0 Å². The Bertz CT molecular complexity index is 1470. The Kier molecular flexibility index (Phi) is 6.34. The number of nitrogens with zero attached hydrogens (tertiary/aromatic N) is 2. The second-order valence-corrected chi connectivity index (χ2v) is 11.2. The van der Waals surface area contributed by atoms with Gasteiger partial charge in [0, 0.05) is 31.3 Å². The van der Waals surface area contributed by atoms with E-state index < -0.39 is 46.3 Å². The van der Waals surface area contributed by atoms with Crippen LogP contribution in [0, 0.1) is 5.92 Å². The zero-order chi connectivity index (χ0) is 26.5. The van der Waals surface area contributed by atoms with Gasteiger partial charge in [-0.25, -0.2) is 35.9 Å². The second-order valence-electron chi connectivity index (χ2n) is 9.25. The standard InChI is InChI=1S/C23H23F4N5O4S/c1-37(34,35)16-7-11(12-3-2-6-36-10-12)4-5-14(16)28-15-8-17(30-22(33)13-9-23(13,26)27)29-20-18(15)31-21(32-20)19(24)25/h4-5,7-8,12-13,19H,2-3,6,9-10H2,1H3,(H3,28,29,30,31,32,33)/t12-,13+/m0/s1. The van der Waals surface area contributed by atoms with Crippen LogP contribution in [0.15, 0.2) is 29.2 Å². The van der Waals surface area contributed by atoms with Crippen molar-refractivity contribution in [3.05, 3.63) is 35.7 Å². The summed E-state index contributed by atoms with van der Waals surface area (Å²) in [4.78, 5) is 22.4. The minimum absolute atomic E-state index is 0.0261.